The molecule has 1 aliphatic carbocycles. The van der Waals surface area contributed by atoms with Crippen LogP contribution in [0.5, 0.6) is 5.75 Å². The van der Waals surface area contributed by atoms with E-state index in [0.717, 1.165) is 12.0 Å². The lowest BCUT2D eigenvalue weighted by Crippen LogP contribution is -2.15. The van der Waals surface area contributed by atoms with Crippen LogP contribution in [0.1, 0.15) is 44.1 Å². The number of ether oxygens (including phenoxy) is 1. The number of esters is 1. The fourth-order valence-electron chi connectivity index (χ4n) is 2.74. The number of carbonyl (C=O) groups excluding carboxylic acids is 1. The SMILES string of the molecule is C=Cc1ccccc1OC(=O)C(=C)CC1CCCCC1. The maximum absolute atomic E-state index is 12.1. The summed E-state index contributed by atoms with van der Waals surface area (Å²) in [5.41, 5.74) is 1.40. The molecule has 20 heavy (non-hydrogen) atoms. The van der Waals surface area contributed by atoms with Gasteiger partial charge in [-0.15, -0.1) is 0 Å². The highest BCUT2D eigenvalue weighted by Gasteiger charge is 2.19. The molecule has 0 amide bonds. The topological polar surface area (TPSA) is 26.3 Å². The Kier molecular flexibility index (Phi) is 5.16. The Balaban J connectivity index is 1.93. The fraction of sp³-hybridized carbons (Fsp3) is 0.389. The lowest BCUT2D eigenvalue weighted by molar-refractivity contribution is -0.130. The van der Waals surface area contributed by atoms with Gasteiger partial charge in [-0.25, -0.2) is 4.79 Å². The second-order valence-corrected chi connectivity index (χ2v) is 5.44. The van der Waals surface area contributed by atoms with Crippen LogP contribution in [0.2, 0.25) is 0 Å². The summed E-state index contributed by atoms with van der Waals surface area (Å²) in [6.07, 6.45) is 8.71. The molecule has 0 saturated heterocycles. The van der Waals surface area contributed by atoms with Crippen molar-refractivity contribution in [2.75, 3.05) is 0 Å². The largest absolute Gasteiger partial charge is 0.423 e. The normalized spacial score (nSPS) is 15.6. The summed E-state index contributed by atoms with van der Waals surface area (Å²) >= 11 is 0. The molecular formula is C18H22O2. The molecule has 0 N–H and O–H groups in total. The monoisotopic (exact) mass is 270 g/mol. The number of rotatable bonds is 5. The van der Waals surface area contributed by atoms with Crippen molar-refractivity contribution in [1.29, 1.82) is 0 Å². The molecule has 1 saturated carbocycles. The molecule has 0 bridgehead atoms. The second-order valence-electron chi connectivity index (χ2n) is 5.44. The van der Waals surface area contributed by atoms with E-state index in [0.29, 0.717) is 17.2 Å². The highest BCUT2D eigenvalue weighted by molar-refractivity contribution is 5.90. The van der Waals surface area contributed by atoms with Crippen molar-refractivity contribution < 1.29 is 9.53 Å². The van der Waals surface area contributed by atoms with Gasteiger partial charge in [-0.1, -0.05) is 69.5 Å². The van der Waals surface area contributed by atoms with Gasteiger partial charge in [0.1, 0.15) is 5.75 Å². The highest BCUT2D eigenvalue weighted by Crippen LogP contribution is 2.29. The molecule has 106 valence electrons. The van der Waals surface area contributed by atoms with Gasteiger partial charge in [0.25, 0.3) is 0 Å². The van der Waals surface area contributed by atoms with Gasteiger partial charge in [0.15, 0.2) is 0 Å². The molecule has 0 atom stereocenters. The zero-order valence-electron chi connectivity index (χ0n) is 11.9. The number of para-hydroxylation sites is 1. The van der Waals surface area contributed by atoms with Gasteiger partial charge in [0.2, 0.25) is 0 Å². The molecule has 0 spiro atoms. The van der Waals surface area contributed by atoms with Crippen molar-refractivity contribution in [3.63, 3.8) is 0 Å². The molecular weight excluding hydrogens is 248 g/mol. The second kappa shape index (κ2) is 7.09. The molecule has 0 heterocycles. The van der Waals surface area contributed by atoms with E-state index in [1.54, 1.807) is 12.1 Å². The number of carbonyl (C=O) groups is 1. The van der Waals surface area contributed by atoms with Crippen molar-refractivity contribution in [3.05, 3.63) is 48.6 Å². The average molecular weight is 270 g/mol. The fourth-order valence-corrected chi connectivity index (χ4v) is 2.74. The molecule has 0 unspecified atom stereocenters. The smallest absolute Gasteiger partial charge is 0.338 e. The van der Waals surface area contributed by atoms with Crippen molar-refractivity contribution in [1.82, 2.24) is 0 Å². The van der Waals surface area contributed by atoms with Crippen LogP contribution < -0.4 is 4.74 Å². The van der Waals surface area contributed by atoms with Crippen molar-refractivity contribution >= 4 is 12.0 Å². The Morgan fingerprint density at radius 2 is 1.95 bits per heavy atom. The first-order valence-corrected chi connectivity index (χ1v) is 7.32. The van der Waals surface area contributed by atoms with Crippen LogP contribution in [0.4, 0.5) is 0 Å². The summed E-state index contributed by atoms with van der Waals surface area (Å²) < 4.78 is 5.43. The lowest BCUT2D eigenvalue weighted by Gasteiger charge is -2.21. The number of hydrogen-bond acceptors (Lipinski definition) is 2. The van der Waals surface area contributed by atoms with Gasteiger partial charge in [-0.3, -0.25) is 0 Å². The van der Waals surface area contributed by atoms with E-state index < -0.39 is 0 Å². The Labute approximate surface area is 121 Å². The summed E-state index contributed by atoms with van der Waals surface area (Å²) in [4.78, 5) is 12.1. The van der Waals surface area contributed by atoms with Gasteiger partial charge in [0.05, 0.1) is 0 Å². The van der Waals surface area contributed by atoms with Crippen LogP contribution in [-0.2, 0) is 4.79 Å². The van der Waals surface area contributed by atoms with E-state index in [1.165, 1.54) is 32.1 Å². The van der Waals surface area contributed by atoms with E-state index in [2.05, 4.69) is 13.2 Å². The van der Waals surface area contributed by atoms with Gasteiger partial charge in [-0.2, -0.15) is 0 Å². The minimum atomic E-state index is -0.315. The molecule has 2 nitrogen and oxygen atoms in total. The molecule has 1 aromatic carbocycles. The number of benzene rings is 1. The maximum atomic E-state index is 12.1. The Hall–Kier alpha value is -1.83. The minimum absolute atomic E-state index is 0.315. The predicted molar refractivity (Wildman–Crippen MR) is 82.5 cm³/mol. The molecule has 2 heteroatoms. The Morgan fingerprint density at radius 1 is 1.25 bits per heavy atom. The molecule has 2 rings (SSSR count). The molecule has 1 aliphatic rings. The van der Waals surface area contributed by atoms with Crippen LogP contribution in [0, 0.1) is 5.92 Å². The number of hydrogen-bond donors (Lipinski definition) is 0. The molecule has 0 radical (unpaired) electrons. The van der Waals surface area contributed by atoms with Gasteiger partial charge < -0.3 is 4.74 Å². The first-order valence-electron chi connectivity index (χ1n) is 7.32. The quantitative estimate of drug-likeness (QED) is 0.438. The highest BCUT2D eigenvalue weighted by atomic mass is 16.5. The van der Waals surface area contributed by atoms with Crippen LogP contribution in [-0.4, -0.2) is 5.97 Å². The summed E-state index contributed by atoms with van der Waals surface area (Å²) in [6, 6.07) is 7.40. The first kappa shape index (κ1) is 14.6. The van der Waals surface area contributed by atoms with Crippen molar-refractivity contribution in [3.8, 4) is 5.75 Å². The summed E-state index contributed by atoms with van der Waals surface area (Å²) in [5, 5.41) is 0. The third-order valence-electron chi connectivity index (χ3n) is 3.89. The molecule has 1 aromatic rings. The Bertz CT molecular complexity index is 496. The first-order chi connectivity index (χ1) is 9.70. The average Bonchev–Trinajstić information content (AvgIpc) is 2.48. The maximum Gasteiger partial charge on any atom is 0.338 e. The summed E-state index contributed by atoms with van der Waals surface area (Å²) in [7, 11) is 0. The zero-order chi connectivity index (χ0) is 14.4. The van der Waals surface area contributed by atoms with Crippen LogP contribution in [0.3, 0.4) is 0 Å². The van der Waals surface area contributed by atoms with E-state index in [9.17, 15) is 4.79 Å². The Morgan fingerprint density at radius 3 is 2.65 bits per heavy atom. The molecule has 0 aromatic heterocycles. The predicted octanol–water partition coefficient (Wildman–Crippen LogP) is 4.76. The van der Waals surface area contributed by atoms with Crippen LogP contribution >= 0.6 is 0 Å². The molecule has 0 aliphatic heterocycles. The van der Waals surface area contributed by atoms with E-state index in [-0.39, 0.29) is 5.97 Å². The van der Waals surface area contributed by atoms with Crippen LogP contribution in [0.25, 0.3) is 6.08 Å². The van der Waals surface area contributed by atoms with Crippen LogP contribution in [0.15, 0.2) is 43.0 Å². The molecule has 1 fully saturated rings. The standard InChI is InChI=1S/C18H22O2/c1-3-16-11-7-8-12-17(16)20-18(19)14(2)13-15-9-5-4-6-10-15/h3,7-8,11-12,15H,1-2,4-6,9-10,13H2. The van der Waals surface area contributed by atoms with Gasteiger partial charge >= 0.3 is 5.97 Å². The lowest BCUT2D eigenvalue weighted by atomic mass is 9.85. The van der Waals surface area contributed by atoms with Gasteiger partial charge in [0, 0.05) is 11.1 Å². The van der Waals surface area contributed by atoms with Crippen molar-refractivity contribution in [2.24, 2.45) is 5.92 Å². The van der Waals surface area contributed by atoms with Gasteiger partial charge in [-0.05, 0) is 18.4 Å². The van der Waals surface area contributed by atoms with E-state index >= 15 is 0 Å². The third-order valence-corrected chi connectivity index (χ3v) is 3.89. The summed E-state index contributed by atoms with van der Waals surface area (Å²) in [5.74, 6) is 0.834. The van der Waals surface area contributed by atoms with Crippen molar-refractivity contribution in [2.45, 2.75) is 38.5 Å². The zero-order valence-corrected chi connectivity index (χ0v) is 11.9. The summed E-state index contributed by atoms with van der Waals surface area (Å²) in [6.45, 7) is 7.62. The third kappa shape index (κ3) is 3.83. The minimum Gasteiger partial charge on any atom is -0.423 e. The van der Waals surface area contributed by atoms with E-state index in [4.69, 9.17) is 4.74 Å². The van der Waals surface area contributed by atoms with E-state index in [1.807, 2.05) is 18.2 Å².